The smallest absolute Gasteiger partial charge is 0.332 e. The lowest BCUT2D eigenvalue weighted by Gasteiger charge is -2.33. The van der Waals surface area contributed by atoms with Gasteiger partial charge in [-0.2, -0.15) is 0 Å². The molecule has 0 bridgehead atoms. The number of likely N-dealkylation sites (N-methyl/N-ethyl adjacent to an activating group) is 2. The third-order valence-corrected chi connectivity index (χ3v) is 2.48. The van der Waals surface area contributed by atoms with E-state index in [4.69, 9.17) is 5.11 Å². The molecule has 1 rings (SSSR count). The van der Waals surface area contributed by atoms with Gasteiger partial charge in [0.05, 0.1) is 0 Å². The number of aliphatic carboxylic acids is 1. The van der Waals surface area contributed by atoms with Crippen molar-refractivity contribution < 1.29 is 14.7 Å². The molecule has 0 radical (unpaired) electrons. The van der Waals surface area contributed by atoms with Gasteiger partial charge in [0.1, 0.15) is 6.54 Å². The summed E-state index contributed by atoms with van der Waals surface area (Å²) < 4.78 is 0. The van der Waals surface area contributed by atoms with Crippen LogP contribution in [-0.2, 0) is 4.79 Å². The van der Waals surface area contributed by atoms with Crippen molar-refractivity contribution in [3.8, 4) is 0 Å². The first kappa shape index (κ1) is 12.7. The molecule has 0 aromatic heterocycles. The molecule has 2 N–H and O–H groups in total. The Bertz CT molecular complexity index is 263. The van der Waals surface area contributed by atoms with Crippen molar-refractivity contribution in [3.63, 3.8) is 0 Å². The predicted molar refractivity (Wildman–Crippen MR) is 57.9 cm³/mol. The second-order valence-corrected chi connectivity index (χ2v) is 3.96. The van der Waals surface area contributed by atoms with Crippen LogP contribution in [0.4, 0.5) is 4.79 Å². The number of carboxylic acid groups (broad SMARTS) is 1. The number of hydrogen-bond donors (Lipinski definition) is 2. The summed E-state index contributed by atoms with van der Waals surface area (Å²) in [4.78, 5) is 25.2. The lowest BCUT2D eigenvalue weighted by molar-refractivity contribution is -0.137. The Balaban J connectivity index is 2.31. The largest absolute Gasteiger partial charge is 0.480 e. The van der Waals surface area contributed by atoms with Gasteiger partial charge >= 0.3 is 12.0 Å². The maximum absolute atomic E-state index is 11.5. The highest BCUT2D eigenvalue weighted by Gasteiger charge is 2.18. The monoisotopic (exact) mass is 230 g/mol. The molecule has 1 aliphatic heterocycles. The summed E-state index contributed by atoms with van der Waals surface area (Å²) in [5.41, 5.74) is 2.67. The van der Waals surface area contributed by atoms with Crippen molar-refractivity contribution in [2.24, 2.45) is 0 Å². The topological polar surface area (TPSA) is 76.1 Å². The summed E-state index contributed by atoms with van der Waals surface area (Å²) in [5.74, 6) is -1.02. The number of hydrogen-bond acceptors (Lipinski definition) is 4. The number of carboxylic acids is 1. The Hall–Kier alpha value is -1.34. The van der Waals surface area contributed by atoms with Crippen LogP contribution >= 0.6 is 0 Å². The van der Waals surface area contributed by atoms with Crippen LogP contribution in [0.15, 0.2) is 0 Å². The fourth-order valence-electron chi connectivity index (χ4n) is 1.41. The average molecular weight is 230 g/mol. The summed E-state index contributed by atoms with van der Waals surface area (Å²) in [5, 5.41) is 10.3. The van der Waals surface area contributed by atoms with E-state index in [-0.39, 0.29) is 12.6 Å². The molecular weight excluding hydrogens is 212 g/mol. The standard InChI is InChI=1S/C9H18N4O3/c1-11-3-5-13(6-4-11)10-9(16)12(2)7-8(14)15/h3-7H2,1-2H3,(H,10,16)(H,14,15). The number of nitrogens with zero attached hydrogens (tertiary/aromatic N) is 3. The summed E-state index contributed by atoms with van der Waals surface area (Å²) >= 11 is 0. The lowest BCUT2D eigenvalue weighted by Crippen LogP contribution is -2.55. The van der Waals surface area contributed by atoms with Gasteiger partial charge in [-0.25, -0.2) is 9.80 Å². The molecule has 0 saturated carbocycles. The SMILES string of the molecule is CN1CCN(NC(=O)N(C)CC(=O)O)CC1. The summed E-state index contributed by atoms with van der Waals surface area (Å²) in [6, 6.07) is -0.382. The first-order valence-electron chi connectivity index (χ1n) is 5.16. The lowest BCUT2D eigenvalue weighted by atomic mass is 10.4. The van der Waals surface area contributed by atoms with E-state index in [9.17, 15) is 9.59 Å². The van der Waals surface area contributed by atoms with Gasteiger partial charge in [0.2, 0.25) is 0 Å². The number of rotatable bonds is 3. The van der Waals surface area contributed by atoms with E-state index in [1.807, 2.05) is 7.05 Å². The first-order valence-corrected chi connectivity index (χ1v) is 5.16. The second kappa shape index (κ2) is 5.66. The minimum atomic E-state index is -1.02. The Morgan fingerprint density at radius 3 is 2.38 bits per heavy atom. The van der Waals surface area contributed by atoms with E-state index in [1.165, 1.54) is 7.05 Å². The number of hydrazine groups is 1. The van der Waals surface area contributed by atoms with Gasteiger partial charge in [-0.15, -0.1) is 0 Å². The highest BCUT2D eigenvalue weighted by Crippen LogP contribution is 1.96. The maximum atomic E-state index is 11.5. The van der Waals surface area contributed by atoms with E-state index < -0.39 is 5.97 Å². The number of carbonyl (C=O) groups is 2. The number of carbonyl (C=O) groups excluding carboxylic acids is 1. The normalized spacial score (nSPS) is 18.1. The highest BCUT2D eigenvalue weighted by atomic mass is 16.4. The van der Waals surface area contributed by atoms with E-state index in [0.29, 0.717) is 0 Å². The van der Waals surface area contributed by atoms with Crippen LogP contribution in [0, 0.1) is 0 Å². The molecule has 0 aliphatic carbocycles. The van der Waals surface area contributed by atoms with Gasteiger partial charge in [-0.3, -0.25) is 10.2 Å². The van der Waals surface area contributed by atoms with Crippen LogP contribution in [0.3, 0.4) is 0 Å². The zero-order valence-electron chi connectivity index (χ0n) is 9.64. The van der Waals surface area contributed by atoms with E-state index in [0.717, 1.165) is 31.1 Å². The van der Waals surface area contributed by atoms with Crippen LogP contribution in [0.5, 0.6) is 0 Å². The van der Waals surface area contributed by atoms with Crippen molar-refractivity contribution in [2.75, 3.05) is 46.8 Å². The number of amides is 2. The molecule has 1 fully saturated rings. The van der Waals surface area contributed by atoms with Crippen molar-refractivity contribution in [3.05, 3.63) is 0 Å². The summed E-state index contributed by atoms with van der Waals surface area (Å²) in [6.07, 6.45) is 0. The molecule has 1 heterocycles. The Labute approximate surface area is 94.6 Å². The molecule has 0 aromatic carbocycles. The fraction of sp³-hybridized carbons (Fsp3) is 0.778. The minimum Gasteiger partial charge on any atom is -0.480 e. The summed E-state index contributed by atoms with van der Waals surface area (Å²) in [6.45, 7) is 3.00. The number of piperazine rings is 1. The van der Waals surface area contributed by atoms with Gasteiger partial charge in [-0.1, -0.05) is 0 Å². The number of nitrogens with one attached hydrogen (secondary N) is 1. The van der Waals surface area contributed by atoms with E-state index >= 15 is 0 Å². The zero-order chi connectivity index (χ0) is 12.1. The third-order valence-electron chi connectivity index (χ3n) is 2.48. The maximum Gasteiger partial charge on any atom is 0.332 e. The van der Waals surface area contributed by atoms with Crippen LogP contribution in [0.25, 0.3) is 0 Å². The fourth-order valence-corrected chi connectivity index (χ4v) is 1.41. The Morgan fingerprint density at radius 2 is 1.88 bits per heavy atom. The predicted octanol–water partition coefficient (Wildman–Crippen LogP) is -1.13. The molecule has 16 heavy (non-hydrogen) atoms. The molecule has 7 heteroatoms. The molecular formula is C9H18N4O3. The molecule has 0 unspecified atom stereocenters. The van der Waals surface area contributed by atoms with Crippen LogP contribution in [0.1, 0.15) is 0 Å². The Kier molecular flexibility index (Phi) is 4.51. The molecule has 1 saturated heterocycles. The van der Waals surface area contributed by atoms with Crippen LogP contribution < -0.4 is 5.43 Å². The van der Waals surface area contributed by atoms with Crippen molar-refractivity contribution in [1.29, 1.82) is 0 Å². The van der Waals surface area contributed by atoms with Gasteiger partial charge in [0.25, 0.3) is 0 Å². The molecule has 2 amide bonds. The average Bonchev–Trinajstić information content (AvgIpc) is 2.20. The zero-order valence-corrected chi connectivity index (χ0v) is 9.64. The van der Waals surface area contributed by atoms with E-state index in [1.54, 1.807) is 5.01 Å². The van der Waals surface area contributed by atoms with Crippen molar-refractivity contribution >= 4 is 12.0 Å². The van der Waals surface area contributed by atoms with E-state index in [2.05, 4.69) is 10.3 Å². The summed E-state index contributed by atoms with van der Waals surface area (Å²) in [7, 11) is 3.48. The molecule has 1 aliphatic rings. The number of urea groups is 1. The third kappa shape index (κ3) is 4.03. The first-order chi connectivity index (χ1) is 7.49. The van der Waals surface area contributed by atoms with Gasteiger partial charge < -0.3 is 14.9 Å². The van der Waals surface area contributed by atoms with Gasteiger partial charge in [-0.05, 0) is 7.05 Å². The minimum absolute atomic E-state index is 0.292. The van der Waals surface area contributed by atoms with Crippen LogP contribution in [-0.4, -0.2) is 78.7 Å². The molecule has 0 spiro atoms. The second-order valence-electron chi connectivity index (χ2n) is 3.96. The molecule has 92 valence electrons. The van der Waals surface area contributed by atoms with Gasteiger partial charge in [0.15, 0.2) is 0 Å². The van der Waals surface area contributed by atoms with Crippen molar-refractivity contribution in [2.45, 2.75) is 0 Å². The molecule has 0 atom stereocenters. The molecule has 7 nitrogen and oxygen atoms in total. The van der Waals surface area contributed by atoms with Crippen LogP contribution in [0.2, 0.25) is 0 Å². The highest BCUT2D eigenvalue weighted by molar-refractivity contribution is 5.79. The quantitative estimate of drug-likeness (QED) is 0.642. The molecule has 0 aromatic rings. The van der Waals surface area contributed by atoms with Crippen molar-refractivity contribution in [1.82, 2.24) is 20.2 Å². The van der Waals surface area contributed by atoms with Gasteiger partial charge in [0, 0.05) is 33.2 Å². The Morgan fingerprint density at radius 1 is 1.31 bits per heavy atom.